The first-order valence-corrected chi connectivity index (χ1v) is 8.36. The van der Waals surface area contributed by atoms with E-state index in [4.69, 9.17) is 27.6 Å². The molecular formula is C15H8Cl2N2O5S. The van der Waals surface area contributed by atoms with Gasteiger partial charge in [-0.2, -0.15) is 0 Å². The summed E-state index contributed by atoms with van der Waals surface area (Å²) in [5.74, 6) is -0.861. The van der Waals surface area contributed by atoms with Crippen LogP contribution in [0.2, 0.25) is 10.0 Å². The number of halogens is 2. The Kier molecular flexibility index (Phi) is 4.85. The fourth-order valence-corrected chi connectivity index (χ4v) is 3.39. The number of furan rings is 1. The van der Waals surface area contributed by atoms with Crippen molar-refractivity contribution in [1.29, 1.82) is 0 Å². The van der Waals surface area contributed by atoms with Crippen molar-refractivity contribution in [2.24, 2.45) is 0 Å². The summed E-state index contributed by atoms with van der Waals surface area (Å²) in [5, 5.41) is 10.9. The van der Waals surface area contributed by atoms with Crippen molar-refractivity contribution in [3.8, 4) is 0 Å². The molecule has 0 bridgehead atoms. The minimum Gasteiger partial charge on any atom is -0.401 e. The molecule has 0 saturated carbocycles. The zero-order valence-electron chi connectivity index (χ0n) is 12.3. The Bertz CT molecular complexity index is 924. The zero-order chi connectivity index (χ0) is 18.1. The maximum atomic E-state index is 12.4. The molecule has 2 aromatic rings. The lowest BCUT2D eigenvalue weighted by atomic mass is 10.2. The summed E-state index contributed by atoms with van der Waals surface area (Å²) in [6.45, 7) is -0.00366. The number of benzene rings is 1. The summed E-state index contributed by atoms with van der Waals surface area (Å²) >= 11 is 12.6. The molecule has 128 valence electrons. The van der Waals surface area contributed by atoms with Crippen molar-refractivity contribution < 1.29 is 18.9 Å². The van der Waals surface area contributed by atoms with Crippen LogP contribution in [0.3, 0.4) is 0 Å². The van der Waals surface area contributed by atoms with E-state index in [2.05, 4.69) is 0 Å². The lowest BCUT2D eigenvalue weighted by Gasteiger charge is -2.13. The molecule has 10 heteroatoms. The second-order valence-electron chi connectivity index (χ2n) is 4.94. The van der Waals surface area contributed by atoms with Crippen LogP contribution in [0.4, 0.5) is 10.7 Å². The summed E-state index contributed by atoms with van der Waals surface area (Å²) in [4.78, 5) is 35.6. The van der Waals surface area contributed by atoms with E-state index in [0.29, 0.717) is 15.6 Å². The van der Waals surface area contributed by atoms with Gasteiger partial charge in [0.15, 0.2) is 0 Å². The smallest absolute Gasteiger partial charge is 0.401 e. The number of imide groups is 1. The zero-order valence-corrected chi connectivity index (χ0v) is 14.6. The van der Waals surface area contributed by atoms with Crippen LogP contribution in [-0.4, -0.2) is 21.0 Å². The van der Waals surface area contributed by atoms with Crippen molar-refractivity contribution in [2.75, 3.05) is 0 Å². The fraction of sp³-hybridized carbons (Fsp3) is 0.0667. The van der Waals surface area contributed by atoms with E-state index in [1.807, 2.05) is 0 Å². The lowest BCUT2D eigenvalue weighted by Crippen LogP contribution is -2.27. The van der Waals surface area contributed by atoms with Crippen LogP contribution >= 0.6 is 35.0 Å². The number of carbonyl (C=O) groups is 2. The monoisotopic (exact) mass is 398 g/mol. The fourth-order valence-electron chi connectivity index (χ4n) is 2.10. The highest BCUT2D eigenvalue weighted by Crippen LogP contribution is 2.35. The van der Waals surface area contributed by atoms with E-state index in [1.54, 1.807) is 12.1 Å². The standard InChI is InChI=1S/C15H8Cl2N2O5S/c16-9-2-1-8(11(17)5-9)7-18-14(20)12(25-15(18)21)6-10-3-4-13(24-10)19(22)23/h1-6H,7H2/b12-6-. The number of thioether (sulfide) groups is 1. The normalized spacial score (nSPS) is 16.1. The number of nitro groups is 1. The van der Waals surface area contributed by atoms with Gasteiger partial charge in [0.05, 0.1) is 17.5 Å². The van der Waals surface area contributed by atoms with Crippen molar-refractivity contribution in [3.05, 3.63) is 66.7 Å². The van der Waals surface area contributed by atoms with E-state index in [9.17, 15) is 19.7 Å². The highest BCUT2D eigenvalue weighted by Gasteiger charge is 2.35. The van der Waals surface area contributed by atoms with Crippen LogP contribution in [0.5, 0.6) is 0 Å². The molecule has 0 unspecified atom stereocenters. The van der Waals surface area contributed by atoms with Crippen molar-refractivity contribution >= 4 is 58.1 Å². The van der Waals surface area contributed by atoms with Gasteiger partial charge in [-0.3, -0.25) is 24.6 Å². The largest absolute Gasteiger partial charge is 0.433 e. The second-order valence-corrected chi connectivity index (χ2v) is 6.77. The SMILES string of the molecule is O=C1S/C(=C\c2ccc([N+](=O)[O-])o2)C(=O)N1Cc1ccc(Cl)cc1Cl. The molecule has 3 rings (SSSR count). The van der Waals surface area contributed by atoms with E-state index < -0.39 is 22.0 Å². The van der Waals surface area contributed by atoms with Gasteiger partial charge in [-0.15, -0.1) is 0 Å². The highest BCUT2D eigenvalue weighted by molar-refractivity contribution is 8.18. The van der Waals surface area contributed by atoms with Gasteiger partial charge < -0.3 is 4.42 Å². The molecular weight excluding hydrogens is 391 g/mol. The molecule has 0 atom stereocenters. The number of hydrogen-bond donors (Lipinski definition) is 0. The summed E-state index contributed by atoms with van der Waals surface area (Å²) in [6, 6.07) is 7.29. The Morgan fingerprint density at radius 1 is 1.24 bits per heavy atom. The van der Waals surface area contributed by atoms with Gasteiger partial charge >= 0.3 is 5.88 Å². The van der Waals surface area contributed by atoms with Crippen LogP contribution in [0, 0.1) is 10.1 Å². The average molecular weight is 399 g/mol. The molecule has 25 heavy (non-hydrogen) atoms. The molecule has 7 nitrogen and oxygen atoms in total. The minimum absolute atomic E-state index is 0.00366. The Labute approximate surface area is 155 Å². The summed E-state index contributed by atoms with van der Waals surface area (Å²) < 4.78 is 4.97. The highest BCUT2D eigenvalue weighted by atomic mass is 35.5. The maximum absolute atomic E-state index is 12.4. The number of carbonyl (C=O) groups excluding carboxylic acids is 2. The van der Waals surface area contributed by atoms with E-state index >= 15 is 0 Å². The Balaban J connectivity index is 1.81. The van der Waals surface area contributed by atoms with Gasteiger partial charge in [-0.05, 0) is 35.5 Å². The van der Waals surface area contributed by atoms with E-state index in [1.165, 1.54) is 24.3 Å². The molecule has 1 aromatic heterocycles. The predicted molar refractivity (Wildman–Crippen MR) is 93.3 cm³/mol. The molecule has 1 aromatic carbocycles. The van der Waals surface area contributed by atoms with Crippen molar-refractivity contribution in [3.63, 3.8) is 0 Å². The van der Waals surface area contributed by atoms with Crippen LogP contribution in [0.15, 0.2) is 39.7 Å². The number of hydrogen-bond acceptors (Lipinski definition) is 6. The third-order valence-corrected chi connectivity index (χ3v) is 4.78. The van der Waals surface area contributed by atoms with Crippen LogP contribution in [0.1, 0.15) is 11.3 Å². The third-order valence-electron chi connectivity index (χ3n) is 3.28. The van der Waals surface area contributed by atoms with Gasteiger partial charge in [-0.25, -0.2) is 0 Å². The summed E-state index contributed by atoms with van der Waals surface area (Å²) in [6.07, 6.45) is 1.29. The number of amides is 2. The first-order valence-electron chi connectivity index (χ1n) is 6.78. The lowest BCUT2D eigenvalue weighted by molar-refractivity contribution is -0.402. The molecule has 2 amide bonds. The molecule has 1 aliphatic heterocycles. The Hall–Kier alpha value is -2.29. The van der Waals surface area contributed by atoms with Crippen LogP contribution in [-0.2, 0) is 11.3 Å². The molecule has 0 aliphatic carbocycles. The summed E-state index contributed by atoms with van der Waals surface area (Å²) in [7, 11) is 0. The van der Waals surface area contributed by atoms with Gasteiger partial charge in [-0.1, -0.05) is 29.3 Å². The topological polar surface area (TPSA) is 93.7 Å². The Morgan fingerprint density at radius 3 is 2.64 bits per heavy atom. The Morgan fingerprint density at radius 2 is 2.00 bits per heavy atom. The second kappa shape index (κ2) is 6.91. The van der Waals surface area contributed by atoms with Gasteiger partial charge in [0.1, 0.15) is 10.7 Å². The number of rotatable bonds is 4. The van der Waals surface area contributed by atoms with Crippen LogP contribution in [0.25, 0.3) is 6.08 Å². The minimum atomic E-state index is -0.689. The third kappa shape index (κ3) is 3.71. The quantitative estimate of drug-likeness (QED) is 0.419. The molecule has 0 N–H and O–H groups in total. The molecule has 2 heterocycles. The molecule has 1 aliphatic rings. The van der Waals surface area contributed by atoms with Gasteiger partial charge in [0.25, 0.3) is 11.1 Å². The van der Waals surface area contributed by atoms with Crippen molar-refractivity contribution in [1.82, 2.24) is 4.90 Å². The van der Waals surface area contributed by atoms with Gasteiger partial charge in [0, 0.05) is 16.1 Å². The number of nitrogens with zero attached hydrogens (tertiary/aromatic N) is 2. The average Bonchev–Trinajstić information content (AvgIpc) is 3.10. The predicted octanol–water partition coefficient (Wildman–Crippen LogP) is 4.73. The van der Waals surface area contributed by atoms with Crippen molar-refractivity contribution in [2.45, 2.75) is 6.54 Å². The molecule has 0 spiro atoms. The van der Waals surface area contributed by atoms with E-state index in [0.717, 1.165) is 16.7 Å². The molecule has 1 fully saturated rings. The maximum Gasteiger partial charge on any atom is 0.433 e. The first-order chi connectivity index (χ1) is 11.8. The summed E-state index contributed by atoms with van der Waals surface area (Å²) in [5.41, 5.74) is 0.572. The van der Waals surface area contributed by atoms with Crippen LogP contribution < -0.4 is 0 Å². The van der Waals surface area contributed by atoms with E-state index in [-0.39, 0.29) is 17.2 Å². The first kappa shape index (κ1) is 17.5. The molecule has 1 saturated heterocycles. The van der Waals surface area contributed by atoms with Gasteiger partial charge in [0.2, 0.25) is 0 Å². The molecule has 0 radical (unpaired) electrons.